The third-order valence-corrected chi connectivity index (χ3v) is 3.54. The van der Waals surface area contributed by atoms with Gasteiger partial charge in [0.15, 0.2) is 0 Å². The van der Waals surface area contributed by atoms with Crippen molar-refractivity contribution in [2.24, 2.45) is 0 Å². The normalized spacial score (nSPS) is 10.3. The summed E-state index contributed by atoms with van der Waals surface area (Å²) < 4.78 is 0. The third-order valence-electron chi connectivity index (χ3n) is 3.54. The molecule has 0 aliphatic rings. The molecule has 2 amide bonds. The Labute approximate surface area is 127 Å². The Kier molecular flexibility index (Phi) is 6.92. The highest BCUT2D eigenvalue weighted by molar-refractivity contribution is 5.95. The van der Waals surface area contributed by atoms with Crippen LogP contribution in [0.5, 0.6) is 0 Å². The summed E-state index contributed by atoms with van der Waals surface area (Å²) in [6.07, 6.45) is 2.59. The summed E-state index contributed by atoms with van der Waals surface area (Å²) >= 11 is 0. The van der Waals surface area contributed by atoms with Crippen molar-refractivity contribution in [2.75, 3.05) is 18.4 Å². The Hall–Kier alpha value is -1.84. The SMILES string of the molecule is CCCN(CC(=O)Nc1c(CC)cccc1CC)C(C)=O. The molecule has 0 heterocycles. The lowest BCUT2D eigenvalue weighted by atomic mass is 10.0. The summed E-state index contributed by atoms with van der Waals surface area (Å²) in [6.45, 7) is 8.37. The van der Waals surface area contributed by atoms with Crippen LogP contribution in [0, 0.1) is 0 Å². The van der Waals surface area contributed by atoms with Gasteiger partial charge in [-0.1, -0.05) is 39.0 Å². The smallest absolute Gasteiger partial charge is 0.244 e. The number of rotatable bonds is 7. The zero-order valence-corrected chi connectivity index (χ0v) is 13.5. The van der Waals surface area contributed by atoms with Gasteiger partial charge >= 0.3 is 0 Å². The number of anilines is 1. The minimum atomic E-state index is -0.130. The average molecular weight is 290 g/mol. The van der Waals surface area contributed by atoms with E-state index >= 15 is 0 Å². The number of amides is 2. The van der Waals surface area contributed by atoms with E-state index in [1.807, 2.05) is 25.1 Å². The second-order valence-corrected chi connectivity index (χ2v) is 5.15. The lowest BCUT2D eigenvalue weighted by Crippen LogP contribution is -2.37. The number of carbonyl (C=O) groups is 2. The van der Waals surface area contributed by atoms with E-state index in [-0.39, 0.29) is 18.4 Å². The number of hydrogen-bond acceptors (Lipinski definition) is 2. The minimum Gasteiger partial charge on any atom is -0.334 e. The maximum atomic E-state index is 12.2. The Morgan fingerprint density at radius 3 is 2.10 bits per heavy atom. The van der Waals surface area contributed by atoms with Gasteiger partial charge in [0.1, 0.15) is 0 Å². The molecule has 0 fully saturated rings. The molecule has 4 heteroatoms. The highest BCUT2D eigenvalue weighted by atomic mass is 16.2. The molecule has 1 aromatic rings. The van der Waals surface area contributed by atoms with Crippen LogP contribution in [0.4, 0.5) is 5.69 Å². The van der Waals surface area contributed by atoms with E-state index in [4.69, 9.17) is 0 Å². The van der Waals surface area contributed by atoms with Crippen LogP contribution >= 0.6 is 0 Å². The number of para-hydroxylation sites is 1. The van der Waals surface area contributed by atoms with E-state index < -0.39 is 0 Å². The van der Waals surface area contributed by atoms with Crippen molar-refractivity contribution in [1.82, 2.24) is 4.90 Å². The topological polar surface area (TPSA) is 49.4 Å². The highest BCUT2D eigenvalue weighted by Crippen LogP contribution is 2.22. The first-order chi connectivity index (χ1) is 10.0. The molecule has 1 N–H and O–H groups in total. The van der Waals surface area contributed by atoms with Crippen molar-refractivity contribution < 1.29 is 9.59 Å². The molecule has 1 aromatic carbocycles. The Balaban J connectivity index is 2.85. The maximum absolute atomic E-state index is 12.2. The van der Waals surface area contributed by atoms with Gasteiger partial charge in [0.25, 0.3) is 0 Å². The largest absolute Gasteiger partial charge is 0.334 e. The van der Waals surface area contributed by atoms with E-state index in [0.29, 0.717) is 6.54 Å². The van der Waals surface area contributed by atoms with Gasteiger partial charge in [-0.3, -0.25) is 9.59 Å². The highest BCUT2D eigenvalue weighted by Gasteiger charge is 2.15. The Bertz CT molecular complexity index is 475. The summed E-state index contributed by atoms with van der Waals surface area (Å²) in [5.74, 6) is -0.194. The zero-order valence-electron chi connectivity index (χ0n) is 13.5. The maximum Gasteiger partial charge on any atom is 0.244 e. The monoisotopic (exact) mass is 290 g/mol. The second-order valence-electron chi connectivity index (χ2n) is 5.15. The fourth-order valence-electron chi connectivity index (χ4n) is 2.37. The van der Waals surface area contributed by atoms with Crippen LogP contribution in [0.1, 0.15) is 45.2 Å². The predicted octanol–water partition coefficient (Wildman–Crippen LogP) is 3.01. The van der Waals surface area contributed by atoms with Gasteiger partial charge in [-0.25, -0.2) is 0 Å². The van der Waals surface area contributed by atoms with Crippen molar-refractivity contribution in [3.8, 4) is 0 Å². The Morgan fingerprint density at radius 1 is 1.10 bits per heavy atom. The molecule has 0 bridgehead atoms. The molecule has 116 valence electrons. The van der Waals surface area contributed by atoms with Crippen LogP contribution < -0.4 is 5.32 Å². The molecule has 0 aliphatic carbocycles. The third kappa shape index (κ3) is 4.88. The summed E-state index contributed by atoms with van der Waals surface area (Å²) in [5, 5.41) is 2.99. The van der Waals surface area contributed by atoms with Gasteiger partial charge in [-0.15, -0.1) is 0 Å². The van der Waals surface area contributed by atoms with Gasteiger partial charge in [-0.05, 0) is 30.4 Å². The molecule has 0 atom stereocenters. The summed E-state index contributed by atoms with van der Waals surface area (Å²) in [5.41, 5.74) is 3.17. The van der Waals surface area contributed by atoms with Crippen LogP contribution in [-0.2, 0) is 22.4 Å². The minimum absolute atomic E-state index is 0.0634. The number of nitrogens with zero attached hydrogens (tertiary/aromatic N) is 1. The molecular formula is C17H26N2O2. The molecule has 1 rings (SSSR count). The first-order valence-corrected chi connectivity index (χ1v) is 7.69. The van der Waals surface area contributed by atoms with Crippen molar-refractivity contribution in [3.63, 3.8) is 0 Å². The van der Waals surface area contributed by atoms with E-state index in [0.717, 1.165) is 36.1 Å². The van der Waals surface area contributed by atoms with Crippen LogP contribution in [0.3, 0.4) is 0 Å². The lowest BCUT2D eigenvalue weighted by molar-refractivity contribution is -0.132. The number of aryl methyl sites for hydroxylation is 2. The van der Waals surface area contributed by atoms with Gasteiger partial charge in [0.05, 0.1) is 6.54 Å². The summed E-state index contributed by atoms with van der Waals surface area (Å²) in [6, 6.07) is 6.08. The van der Waals surface area contributed by atoms with Crippen molar-refractivity contribution in [1.29, 1.82) is 0 Å². The van der Waals surface area contributed by atoms with Crippen molar-refractivity contribution in [3.05, 3.63) is 29.3 Å². The van der Waals surface area contributed by atoms with E-state index in [9.17, 15) is 9.59 Å². The van der Waals surface area contributed by atoms with E-state index in [1.54, 1.807) is 4.90 Å². The number of nitrogens with one attached hydrogen (secondary N) is 1. The molecular weight excluding hydrogens is 264 g/mol. The van der Waals surface area contributed by atoms with Crippen molar-refractivity contribution in [2.45, 2.75) is 47.0 Å². The quantitative estimate of drug-likeness (QED) is 0.839. The standard InChI is InChI=1S/C17H26N2O2/c1-5-11-19(13(4)20)12-16(21)18-17-14(6-2)9-8-10-15(17)7-3/h8-10H,5-7,11-12H2,1-4H3,(H,18,21). The predicted molar refractivity (Wildman–Crippen MR) is 86.4 cm³/mol. The van der Waals surface area contributed by atoms with Gasteiger partial charge in [0.2, 0.25) is 11.8 Å². The zero-order chi connectivity index (χ0) is 15.8. The van der Waals surface area contributed by atoms with E-state index in [1.165, 1.54) is 6.92 Å². The van der Waals surface area contributed by atoms with Crippen LogP contribution in [-0.4, -0.2) is 29.8 Å². The average Bonchev–Trinajstić information content (AvgIpc) is 2.46. The molecule has 0 saturated carbocycles. The summed E-state index contributed by atoms with van der Waals surface area (Å²) in [7, 11) is 0. The number of carbonyl (C=O) groups excluding carboxylic acids is 2. The fraction of sp³-hybridized carbons (Fsp3) is 0.529. The van der Waals surface area contributed by atoms with Crippen LogP contribution in [0.25, 0.3) is 0 Å². The first kappa shape index (κ1) is 17.2. The fourth-order valence-corrected chi connectivity index (χ4v) is 2.37. The lowest BCUT2D eigenvalue weighted by Gasteiger charge is -2.21. The van der Waals surface area contributed by atoms with Crippen LogP contribution in [0.15, 0.2) is 18.2 Å². The molecule has 0 aromatic heterocycles. The summed E-state index contributed by atoms with van der Waals surface area (Å²) in [4.78, 5) is 25.3. The first-order valence-electron chi connectivity index (χ1n) is 7.69. The van der Waals surface area contributed by atoms with Gasteiger partial charge < -0.3 is 10.2 Å². The molecule has 21 heavy (non-hydrogen) atoms. The van der Waals surface area contributed by atoms with E-state index in [2.05, 4.69) is 19.2 Å². The number of benzene rings is 1. The molecule has 4 nitrogen and oxygen atoms in total. The molecule has 0 radical (unpaired) electrons. The molecule has 0 spiro atoms. The Morgan fingerprint density at radius 2 is 1.67 bits per heavy atom. The molecule has 0 aliphatic heterocycles. The molecule has 0 unspecified atom stereocenters. The number of hydrogen-bond donors (Lipinski definition) is 1. The molecule has 0 saturated heterocycles. The second kappa shape index (κ2) is 8.45. The van der Waals surface area contributed by atoms with Crippen molar-refractivity contribution >= 4 is 17.5 Å². The van der Waals surface area contributed by atoms with Gasteiger partial charge in [-0.2, -0.15) is 0 Å². The van der Waals surface area contributed by atoms with Gasteiger partial charge in [0, 0.05) is 19.2 Å². The van der Waals surface area contributed by atoms with Crippen LogP contribution in [0.2, 0.25) is 0 Å².